The Hall–Kier alpha value is -3.53. The maximum atomic E-state index is 12.1. The standard InChI is InChI=1S/C19H18N2O5/c1-13(19(23)21-15-4-3-5-17(10-15)24-2)26-18(22)12-25-16-8-6-14(11-20)7-9-16/h3-10,13H,12H2,1-2H3,(H,21,23)/t13-/m1/s1. The summed E-state index contributed by atoms with van der Waals surface area (Å²) in [6.45, 7) is 1.12. The number of ether oxygens (including phenoxy) is 3. The number of benzene rings is 2. The van der Waals surface area contributed by atoms with Crippen molar-refractivity contribution in [2.75, 3.05) is 19.0 Å². The van der Waals surface area contributed by atoms with Gasteiger partial charge in [0.1, 0.15) is 11.5 Å². The molecule has 1 N–H and O–H groups in total. The van der Waals surface area contributed by atoms with Crippen LogP contribution in [0.5, 0.6) is 11.5 Å². The third-order valence-corrected chi connectivity index (χ3v) is 3.35. The Morgan fingerprint density at radius 3 is 2.54 bits per heavy atom. The second kappa shape index (κ2) is 9.08. The Morgan fingerprint density at radius 1 is 1.15 bits per heavy atom. The summed E-state index contributed by atoms with van der Waals surface area (Å²) >= 11 is 0. The smallest absolute Gasteiger partial charge is 0.344 e. The number of rotatable bonds is 7. The van der Waals surface area contributed by atoms with E-state index in [9.17, 15) is 9.59 Å². The van der Waals surface area contributed by atoms with Crippen molar-refractivity contribution >= 4 is 17.6 Å². The molecule has 0 aliphatic carbocycles. The first-order chi connectivity index (χ1) is 12.5. The summed E-state index contributed by atoms with van der Waals surface area (Å²) in [5.41, 5.74) is 1.02. The van der Waals surface area contributed by atoms with Gasteiger partial charge in [-0.3, -0.25) is 4.79 Å². The Labute approximate surface area is 151 Å². The van der Waals surface area contributed by atoms with Crippen molar-refractivity contribution < 1.29 is 23.8 Å². The summed E-state index contributed by atoms with van der Waals surface area (Å²) in [6.07, 6.45) is -0.988. The number of nitriles is 1. The average Bonchev–Trinajstić information content (AvgIpc) is 2.66. The second-order valence-electron chi connectivity index (χ2n) is 5.28. The minimum Gasteiger partial charge on any atom is -0.497 e. The second-order valence-corrected chi connectivity index (χ2v) is 5.28. The van der Waals surface area contributed by atoms with Crippen molar-refractivity contribution in [2.24, 2.45) is 0 Å². The van der Waals surface area contributed by atoms with Crippen LogP contribution in [0.2, 0.25) is 0 Å². The Bertz CT molecular complexity index is 811. The third-order valence-electron chi connectivity index (χ3n) is 3.35. The quantitative estimate of drug-likeness (QED) is 0.767. The number of hydrogen-bond donors (Lipinski definition) is 1. The molecule has 7 nitrogen and oxygen atoms in total. The van der Waals surface area contributed by atoms with Gasteiger partial charge in [0.05, 0.1) is 18.7 Å². The minimum atomic E-state index is -0.988. The van der Waals surface area contributed by atoms with Crippen molar-refractivity contribution in [1.82, 2.24) is 0 Å². The molecule has 1 atom stereocenters. The summed E-state index contributed by atoms with van der Waals surface area (Å²) in [7, 11) is 1.53. The highest BCUT2D eigenvalue weighted by Gasteiger charge is 2.18. The van der Waals surface area contributed by atoms with Crippen LogP contribution < -0.4 is 14.8 Å². The molecule has 7 heteroatoms. The van der Waals surface area contributed by atoms with Gasteiger partial charge >= 0.3 is 5.97 Å². The molecule has 2 aromatic rings. The summed E-state index contributed by atoms with van der Waals surface area (Å²) < 4.78 is 15.4. The van der Waals surface area contributed by atoms with Crippen molar-refractivity contribution in [2.45, 2.75) is 13.0 Å². The predicted octanol–water partition coefficient (Wildman–Crippen LogP) is 2.52. The number of methoxy groups -OCH3 is 1. The third kappa shape index (κ3) is 5.53. The molecule has 0 bridgehead atoms. The normalized spacial score (nSPS) is 11.0. The molecule has 2 rings (SSSR count). The highest BCUT2D eigenvalue weighted by Crippen LogP contribution is 2.17. The van der Waals surface area contributed by atoms with E-state index in [2.05, 4.69) is 5.32 Å². The summed E-state index contributed by atoms with van der Waals surface area (Å²) in [5.74, 6) is -0.120. The molecule has 0 aliphatic heterocycles. The molecule has 0 spiro atoms. The van der Waals surface area contributed by atoms with Crippen LogP contribution >= 0.6 is 0 Å². The molecule has 0 aliphatic rings. The fourth-order valence-electron chi connectivity index (χ4n) is 2.00. The first-order valence-corrected chi connectivity index (χ1v) is 7.79. The van der Waals surface area contributed by atoms with Gasteiger partial charge in [-0.1, -0.05) is 6.07 Å². The zero-order valence-corrected chi connectivity index (χ0v) is 14.4. The van der Waals surface area contributed by atoms with Gasteiger partial charge in [0.2, 0.25) is 0 Å². The van der Waals surface area contributed by atoms with Gasteiger partial charge in [-0.25, -0.2) is 4.79 Å². The molecule has 134 valence electrons. The summed E-state index contributed by atoms with van der Waals surface area (Å²) in [6, 6.07) is 15.1. The molecule has 0 saturated heterocycles. The first-order valence-electron chi connectivity index (χ1n) is 7.79. The molecular weight excluding hydrogens is 336 g/mol. The van der Waals surface area contributed by atoms with Gasteiger partial charge in [-0.05, 0) is 43.3 Å². The monoisotopic (exact) mass is 354 g/mol. The van der Waals surface area contributed by atoms with Gasteiger partial charge in [-0.2, -0.15) is 5.26 Å². The first kappa shape index (κ1) is 18.8. The van der Waals surface area contributed by atoms with E-state index >= 15 is 0 Å². The van der Waals surface area contributed by atoms with Crippen LogP contribution in [-0.4, -0.2) is 31.7 Å². The number of esters is 1. The number of amides is 1. The van der Waals surface area contributed by atoms with E-state index in [4.69, 9.17) is 19.5 Å². The van der Waals surface area contributed by atoms with E-state index in [0.717, 1.165) is 0 Å². The van der Waals surface area contributed by atoms with E-state index in [0.29, 0.717) is 22.7 Å². The van der Waals surface area contributed by atoms with Crippen LogP contribution in [0.3, 0.4) is 0 Å². The molecule has 0 aromatic heterocycles. The van der Waals surface area contributed by atoms with Crippen molar-refractivity contribution in [3.05, 3.63) is 54.1 Å². The topological polar surface area (TPSA) is 97.7 Å². The van der Waals surface area contributed by atoms with E-state index in [1.54, 1.807) is 48.5 Å². The van der Waals surface area contributed by atoms with E-state index in [1.165, 1.54) is 14.0 Å². The lowest BCUT2D eigenvalue weighted by atomic mass is 10.2. The zero-order valence-electron chi connectivity index (χ0n) is 14.4. The number of carbonyl (C=O) groups excluding carboxylic acids is 2. The van der Waals surface area contributed by atoms with Gasteiger partial charge in [0.15, 0.2) is 12.7 Å². The molecule has 26 heavy (non-hydrogen) atoms. The largest absolute Gasteiger partial charge is 0.497 e. The number of anilines is 1. The van der Waals surface area contributed by atoms with E-state index in [1.807, 2.05) is 6.07 Å². The fraction of sp³-hybridized carbons (Fsp3) is 0.211. The van der Waals surface area contributed by atoms with E-state index < -0.39 is 18.0 Å². The van der Waals surface area contributed by atoms with Gasteiger partial charge in [-0.15, -0.1) is 0 Å². The van der Waals surface area contributed by atoms with Crippen molar-refractivity contribution in [3.63, 3.8) is 0 Å². The van der Waals surface area contributed by atoms with Gasteiger partial charge in [0, 0.05) is 11.8 Å². The van der Waals surface area contributed by atoms with Crippen LogP contribution in [0.4, 0.5) is 5.69 Å². The van der Waals surface area contributed by atoms with Gasteiger partial charge in [0.25, 0.3) is 5.91 Å². The van der Waals surface area contributed by atoms with Crippen LogP contribution in [0, 0.1) is 11.3 Å². The molecule has 0 radical (unpaired) electrons. The molecule has 2 aromatic carbocycles. The number of nitrogens with zero attached hydrogens (tertiary/aromatic N) is 1. The molecule has 1 amide bonds. The van der Waals surface area contributed by atoms with E-state index in [-0.39, 0.29) is 6.61 Å². The Kier molecular flexibility index (Phi) is 6.57. The Balaban J connectivity index is 1.81. The molecule has 0 heterocycles. The van der Waals surface area contributed by atoms with Crippen molar-refractivity contribution in [3.8, 4) is 17.6 Å². The highest BCUT2D eigenvalue weighted by molar-refractivity contribution is 5.95. The van der Waals surface area contributed by atoms with Crippen LogP contribution in [0.1, 0.15) is 12.5 Å². The fourth-order valence-corrected chi connectivity index (χ4v) is 2.00. The zero-order chi connectivity index (χ0) is 18.9. The van der Waals surface area contributed by atoms with Crippen LogP contribution in [0.25, 0.3) is 0 Å². The summed E-state index contributed by atoms with van der Waals surface area (Å²) in [4.78, 5) is 23.9. The van der Waals surface area contributed by atoms with Crippen LogP contribution in [0.15, 0.2) is 48.5 Å². The molecule has 0 unspecified atom stereocenters. The van der Waals surface area contributed by atoms with Gasteiger partial charge < -0.3 is 19.5 Å². The van der Waals surface area contributed by atoms with Crippen molar-refractivity contribution in [1.29, 1.82) is 5.26 Å². The molecule has 0 saturated carbocycles. The number of hydrogen-bond acceptors (Lipinski definition) is 6. The number of nitrogens with one attached hydrogen (secondary N) is 1. The lowest BCUT2D eigenvalue weighted by Crippen LogP contribution is -2.31. The predicted molar refractivity (Wildman–Crippen MR) is 93.8 cm³/mol. The lowest BCUT2D eigenvalue weighted by Gasteiger charge is -2.14. The minimum absolute atomic E-state index is 0.345. The maximum absolute atomic E-state index is 12.1. The van der Waals surface area contributed by atoms with Crippen LogP contribution in [-0.2, 0) is 14.3 Å². The average molecular weight is 354 g/mol. The number of carbonyl (C=O) groups is 2. The molecular formula is C19H18N2O5. The SMILES string of the molecule is COc1cccc(NC(=O)[C@@H](C)OC(=O)COc2ccc(C#N)cc2)c1. The summed E-state index contributed by atoms with van der Waals surface area (Å²) in [5, 5.41) is 11.4. The Morgan fingerprint density at radius 2 is 1.88 bits per heavy atom. The lowest BCUT2D eigenvalue weighted by molar-refractivity contribution is -0.155. The molecule has 0 fully saturated rings. The maximum Gasteiger partial charge on any atom is 0.344 e. The highest BCUT2D eigenvalue weighted by atomic mass is 16.6.